The molecule has 1 amide bonds. The van der Waals surface area contributed by atoms with Gasteiger partial charge in [0, 0.05) is 6.42 Å². The third kappa shape index (κ3) is 31.4. The lowest BCUT2D eigenvalue weighted by Gasteiger charge is -2.46. The molecule has 2 saturated heterocycles. The molecular formula is C60H109NO13. The van der Waals surface area contributed by atoms with Crippen LogP contribution in [0.1, 0.15) is 232 Å². The maximum atomic E-state index is 13.1. The molecule has 0 radical (unpaired) electrons. The standard InChI is InChI=1S/C60H109NO13/c1-3-5-7-9-11-13-15-16-17-18-19-20-21-22-23-24-25-26-27-28-29-30-31-32-33-34-35-37-39-41-43-49(64)48(61-52(65)44-42-40-38-36-14-12-10-8-6-4-2)47-71-59-57(70)55(68)58(51(46-63)73-59)74-60-56(69)54(67)53(66)50(45-62)72-60/h8,10,30-31,34-35,41,43,48-51,53-60,62-64,66-70H,3-7,9,11-29,32-33,36-40,42,44-47H2,1-2H3,(H,61,65)/b10-8-,31-30+,35-34+,43-41+. The van der Waals surface area contributed by atoms with Crippen molar-refractivity contribution in [3.05, 3.63) is 48.6 Å². The first-order valence-corrected chi connectivity index (χ1v) is 29.9. The molecule has 14 heteroatoms. The maximum Gasteiger partial charge on any atom is 0.220 e. The summed E-state index contributed by atoms with van der Waals surface area (Å²) in [5, 5.41) is 86.8. The van der Waals surface area contributed by atoms with Gasteiger partial charge < -0.3 is 65.1 Å². The Bertz CT molecular complexity index is 1430. The largest absolute Gasteiger partial charge is 0.394 e. The van der Waals surface area contributed by atoms with Crippen molar-refractivity contribution in [3.63, 3.8) is 0 Å². The summed E-state index contributed by atoms with van der Waals surface area (Å²) in [4.78, 5) is 13.1. The number of hydrogen-bond donors (Lipinski definition) is 9. The van der Waals surface area contributed by atoms with Crippen molar-refractivity contribution in [2.45, 2.75) is 306 Å². The fourth-order valence-corrected chi connectivity index (χ4v) is 9.62. The van der Waals surface area contributed by atoms with Gasteiger partial charge in [0.15, 0.2) is 12.6 Å². The van der Waals surface area contributed by atoms with Crippen molar-refractivity contribution in [3.8, 4) is 0 Å². The second kappa shape index (κ2) is 45.9. The molecule has 0 aliphatic carbocycles. The normalized spacial score (nSPS) is 25.5. The van der Waals surface area contributed by atoms with Crippen LogP contribution in [0.5, 0.6) is 0 Å². The minimum Gasteiger partial charge on any atom is -0.394 e. The molecule has 432 valence electrons. The van der Waals surface area contributed by atoms with Crippen LogP contribution in [0.15, 0.2) is 48.6 Å². The first-order valence-electron chi connectivity index (χ1n) is 29.9. The minimum atomic E-state index is -1.79. The van der Waals surface area contributed by atoms with E-state index in [1.54, 1.807) is 6.08 Å². The van der Waals surface area contributed by atoms with E-state index in [1.807, 2.05) is 6.08 Å². The van der Waals surface area contributed by atoms with Crippen LogP contribution in [0.2, 0.25) is 0 Å². The number of allylic oxidation sites excluding steroid dienone is 7. The zero-order valence-corrected chi connectivity index (χ0v) is 46.3. The van der Waals surface area contributed by atoms with E-state index in [0.29, 0.717) is 12.8 Å². The molecular weight excluding hydrogens is 943 g/mol. The molecule has 0 aromatic carbocycles. The number of unbranched alkanes of at least 4 members (excludes halogenated alkanes) is 28. The Morgan fingerprint density at radius 3 is 1.38 bits per heavy atom. The van der Waals surface area contributed by atoms with E-state index in [0.717, 1.165) is 70.6 Å². The second-order valence-electron chi connectivity index (χ2n) is 21.1. The van der Waals surface area contributed by atoms with E-state index in [2.05, 4.69) is 55.6 Å². The quantitative estimate of drug-likeness (QED) is 0.0205. The maximum absolute atomic E-state index is 13.1. The molecule has 2 aliphatic rings. The Morgan fingerprint density at radius 2 is 0.892 bits per heavy atom. The highest BCUT2D eigenvalue weighted by atomic mass is 16.7. The number of aliphatic hydroxyl groups is 8. The lowest BCUT2D eigenvalue weighted by Crippen LogP contribution is -2.65. The van der Waals surface area contributed by atoms with Crippen molar-refractivity contribution in [1.82, 2.24) is 5.32 Å². The van der Waals surface area contributed by atoms with Crippen LogP contribution in [0, 0.1) is 0 Å². The molecule has 2 aliphatic heterocycles. The van der Waals surface area contributed by atoms with Gasteiger partial charge in [-0.3, -0.25) is 4.79 Å². The lowest BCUT2D eigenvalue weighted by molar-refractivity contribution is -0.359. The predicted octanol–water partition coefficient (Wildman–Crippen LogP) is 10.0. The average Bonchev–Trinajstić information content (AvgIpc) is 3.40. The van der Waals surface area contributed by atoms with Crippen LogP contribution in [0.3, 0.4) is 0 Å². The van der Waals surface area contributed by atoms with Crippen molar-refractivity contribution in [2.24, 2.45) is 0 Å². The van der Waals surface area contributed by atoms with Crippen LogP contribution in [0.25, 0.3) is 0 Å². The molecule has 2 fully saturated rings. The van der Waals surface area contributed by atoms with Gasteiger partial charge in [-0.05, 0) is 64.2 Å². The number of hydrogen-bond acceptors (Lipinski definition) is 13. The van der Waals surface area contributed by atoms with Crippen LogP contribution in [-0.4, -0.2) is 140 Å². The smallest absolute Gasteiger partial charge is 0.220 e. The van der Waals surface area contributed by atoms with Gasteiger partial charge in [0.1, 0.15) is 48.8 Å². The fourth-order valence-electron chi connectivity index (χ4n) is 9.62. The summed E-state index contributed by atoms with van der Waals surface area (Å²) in [6.07, 6.45) is 40.5. The van der Waals surface area contributed by atoms with Crippen molar-refractivity contribution >= 4 is 5.91 Å². The van der Waals surface area contributed by atoms with Gasteiger partial charge in [-0.1, -0.05) is 210 Å². The van der Waals surface area contributed by atoms with Gasteiger partial charge in [-0.2, -0.15) is 0 Å². The molecule has 0 aromatic rings. The van der Waals surface area contributed by atoms with Crippen LogP contribution >= 0.6 is 0 Å². The Morgan fingerprint density at radius 1 is 0.473 bits per heavy atom. The highest BCUT2D eigenvalue weighted by Gasteiger charge is 2.51. The third-order valence-corrected chi connectivity index (χ3v) is 14.4. The lowest BCUT2D eigenvalue weighted by atomic mass is 9.97. The number of amides is 1. The Balaban J connectivity index is 1.70. The van der Waals surface area contributed by atoms with Gasteiger partial charge in [0.2, 0.25) is 5.91 Å². The molecule has 2 rings (SSSR count). The number of carbonyl (C=O) groups excluding carboxylic acids is 1. The molecule has 0 aromatic heterocycles. The zero-order valence-electron chi connectivity index (χ0n) is 46.3. The molecule has 2 heterocycles. The predicted molar refractivity (Wildman–Crippen MR) is 295 cm³/mol. The van der Waals surface area contributed by atoms with E-state index in [4.69, 9.17) is 18.9 Å². The molecule has 0 bridgehead atoms. The number of rotatable bonds is 47. The second-order valence-corrected chi connectivity index (χ2v) is 21.1. The first kappa shape index (κ1) is 68.1. The first-order chi connectivity index (χ1) is 36.1. The summed E-state index contributed by atoms with van der Waals surface area (Å²) >= 11 is 0. The van der Waals surface area contributed by atoms with Gasteiger partial charge in [-0.15, -0.1) is 0 Å². The monoisotopic (exact) mass is 1050 g/mol. The molecule has 12 atom stereocenters. The summed E-state index contributed by atoms with van der Waals surface area (Å²) in [5.41, 5.74) is 0. The van der Waals surface area contributed by atoms with E-state index >= 15 is 0 Å². The van der Waals surface area contributed by atoms with E-state index < -0.39 is 86.8 Å². The highest BCUT2D eigenvalue weighted by Crippen LogP contribution is 2.30. The molecule has 74 heavy (non-hydrogen) atoms. The summed E-state index contributed by atoms with van der Waals surface area (Å²) in [6.45, 7) is 2.70. The van der Waals surface area contributed by atoms with E-state index in [1.165, 1.54) is 128 Å². The number of nitrogens with one attached hydrogen (secondary N) is 1. The summed E-state index contributed by atoms with van der Waals surface area (Å²) in [7, 11) is 0. The van der Waals surface area contributed by atoms with Crippen LogP contribution < -0.4 is 5.32 Å². The van der Waals surface area contributed by atoms with Crippen LogP contribution in [0.4, 0.5) is 0 Å². The average molecular weight is 1050 g/mol. The van der Waals surface area contributed by atoms with E-state index in [9.17, 15) is 45.6 Å². The van der Waals surface area contributed by atoms with Gasteiger partial charge in [0.05, 0.1) is 32.0 Å². The third-order valence-electron chi connectivity index (χ3n) is 14.4. The topological polar surface area (TPSA) is 228 Å². The minimum absolute atomic E-state index is 0.258. The van der Waals surface area contributed by atoms with Crippen molar-refractivity contribution in [2.75, 3.05) is 19.8 Å². The number of aliphatic hydroxyl groups excluding tert-OH is 8. The van der Waals surface area contributed by atoms with E-state index in [-0.39, 0.29) is 18.9 Å². The number of ether oxygens (including phenoxy) is 4. The Kier molecular flexibility index (Phi) is 42.2. The van der Waals surface area contributed by atoms with Gasteiger partial charge in [0.25, 0.3) is 0 Å². The van der Waals surface area contributed by atoms with Crippen LogP contribution in [-0.2, 0) is 23.7 Å². The fraction of sp³-hybridized carbons (Fsp3) is 0.850. The Labute approximate surface area is 448 Å². The molecule has 14 nitrogen and oxygen atoms in total. The van der Waals surface area contributed by atoms with Crippen molar-refractivity contribution < 1.29 is 64.6 Å². The Hall–Kier alpha value is -2.05. The highest BCUT2D eigenvalue weighted by molar-refractivity contribution is 5.76. The SMILES string of the molecule is CCC/C=C\CCCCCCCC(=O)NC(COC1OC(CO)C(OC2OC(CO)C(O)C(O)C2O)C(O)C1O)C(O)/C=C/CC/C=C/CC/C=C/CCCCCCCCCCCCCCCCCCCCCC. The molecule has 9 N–H and O–H groups in total. The van der Waals surface area contributed by atoms with Gasteiger partial charge in [-0.25, -0.2) is 0 Å². The van der Waals surface area contributed by atoms with Crippen molar-refractivity contribution in [1.29, 1.82) is 0 Å². The number of carbonyl (C=O) groups is 1. The summed E-state index contributed by atoms with van der Waals surface area (Å²) < 4.78 is 22.7. The van der Waals surface area contributed by atoms with Gasteiger partial charge >= 0.3 is 0 Å². The molecule has 12 unspecified atom stereocenters. The molecule has 0 saturated carbocycles. The molecule has 0 spiro atoms. The summed E-state index contributed by atoms with van der Waals surface area (Å²) in [5.74, 6) is -0.266. The summed E-state index contributed by atoms with van der Waals surface area (Å²) in [6, 6.07) is -0.941. The zero-order chi connectivity index (χ0) is 53.9.